The number of carbonyl (C=O) groups excluding carboxylic acids is 2. The molecule has 2 amide bonds. The van der Waals surface area contributed by atoms with Crippen molar-refractivity contribution in [1.82, 2.24) is 4.90 Å². The molecule has 6 heteroatoms. The molecular weight excluding hydrogens is 428 g/mol. The molecule has 0 aliphatic rings. The third-order valence-electron chi connectivity index (χ3n) is 4.89. The predicted molar refractivity (Wildman–Crippen MR) is 129 cm³/mol. The van der Waals surface area contributed by atoms with E-state index in [1.165, 1.54) is 0 Å². The first-order valence-electron chi connectivity index (χ1n) is 10.2. The van der Waals surface area contributed by atoms with Crippen LogP contribution < -0.4 is 5.32 Å². The number of thioether (sulfide) groups is 1. The van der Waals surface area contributed by atoms with Gasteiger partial charge in [-0.15, -0.1) is 11.8 Å². The van der Waals surface area contributed by atoms with Crippen LogP contribution >= 0.6 is 23.4 Å². The molecule has 0 unspecified atom stereocenters. The lowest BCUT2D eigenvalue weighted by Crippen LogP contribution is -2.31. The molecular formula is C25H25ClN2O2S. The van der Waals surface area contributed by atoms with Crippen molar-refractivity contribution in [1.29, 1.82) is 0 Å². The van der Waals surface area contributed by atoms with Gasteiger partial charge in [0.05, 0.1) is 11.3 Å². The van der Waals surface area contributed by atoms with Gasteiger partial charge < -0.3 is 10.2 Å². The Morgan fingerprint density at radius 3 is 2.19 bits per heavy atom. The number of anilines is 1. The Morgan fingerprint density at radius 1 is 0.903 bits per heavy atom. The Morgan fingerprint density at radius 2 is 1.55 bits per heavy atom. The van der Waals surface area contributed by atoms with Crippen molar-refractivity contribution in [3.05, 3.63) is 94.5 Å². The maximum Gasteiger partial charge on any atom is 0.255 e. The zero-order valence-electron chi connectivity index (χ0n) is 17.6. The minimum Gasteiger partial charge on any atom is -0.339 e. The van der Waals surface area contributed by atoms with Crippen LogP contribution in [-0.2, 0) is 5.75 Å². The molecule has 0 radical (unpaired) electrons. The molecule has 0 heterocycles. The molecule has 0 atom stereocenters. The summed E-state index contributed by atoms with van der Waals surface area (Å²) in [7, 11) is 0. The molecule has 0 bridgehead atoms. The molecule has 3 aromatic rings. The molecule has 4 nitrogen and oxygen atoms in total. The number of hydrogen-bond donors (Lipinski definition) is 1. The normalized spacial score (nSPS) is 10.5. The second-order valence-corrected chi connectivity index (χ2v) is 8.40. The molecule has 31 heavy (non-hydrogen) atoms. The van der Waals surface area contributed by atoms with Gasteiger partial charge >= 0.3 is 0 Å². The van der Waals surface area contributed by atoms with Gasteiger partial charge in [-0.3, -0.25) is 9.59 Å². The summed E-state index contributed by atoms with van der Waals surface area (Å²) in [4.78, 5) is 28.4. The van der Waals surface area contributed by atoms with Gasteiger partial charge in [-0.2, -0.15) is 0 Å². The summed E-state index contributed by atoms with van der Waals surface area (Å²) in [6.45, 7) is 5.12. The van der Waals surface area contributed by atoms with E-state index in [-0.39, 0.29) is 11.8 Å². The van der Waals surface area contributed by atoms with E-state index in [2.05, 4.69) is 5.32 Å². The van der Waals surface area contributed by atoms with Gasteiger partial charge in [0.1, 0.15) is 0 Å². The molecule has 0 saturated carbocycles. The fourth-order valence-electron chi connectivity index (χ4n) is 3.10. The third kappa shape index (κ3) is 6.12. The number of nitrogens with zero attached hydrogens (tertiary/aromatic N) is 1. The van der Waals surface area contributed by atoms with Crippen LogP contribution in [0.2, 0.25) is 5.02 Å². The third-order valence-corrected chi connectivity index (χ3v) is 6.23. The summed E-state index contributed by atoms with van der Waals surface area (Å²) in [6.07, 6.45) is 0. The number of rotatable bonds is 8. The number of carbonyl (C=O) groups is 2. The molecule has 0 saturated heterocycles. The summed E-state index contributed by atoms with van der Waals surface area (Å²) >= 11 is 7.63. The highest BCUT2D eigenvalue weighted by molar-refractivity contribution is 7.98. The van der Waals surface area contributed by atoms with Gasteiger partial charge in [0.15, 0.2) is 0 Å². The van der Waals surface area contributed by atoms with E-state index < -0.39 is 0 Å². The number of nitrogens with one attached hydrogen (secondary N) is 1. The summed E-state index contributed by atoms with van der Waals surface area (Å²) in [5.74, 6) is 0.470. The lowest BCUT2D eigenvalue weighted by molar-refractivity contribution is 0.0774. The van der Waals surface area contributed by atoms with Crippen LogP contribution in [0.4, 0.5) is 5.69 Å². The van der Waals surface area contributed by atoms with E-state index in [0.29, 0.717) is 29.9 Å². The second-order valence-electron chi connectivity index (χ2n) is 6.92. The first-order chi connectivity index (χ1) is 15.0. The monoisotopic (exact) mass is 452 g/mol. The topological polar surface area (TPSA) is 49.4 Å². The number of halogens is 1. The SMILES string of the molecule is CCN(CC)C(=O)c1ccccc1NC(=O)c1ccc(CSc2ccc(Cl)cc2)cc1. The molecule has 1 N–H and O–H groups in total. The largest absolute Gasteiger partial charge is 0.339 e. The molecule has 0 fully saturated rings. The standard InChI is InChI=1S/C25H25ClN2O2S/c1-3-28(4-2)25(30)22-7-5-6-8-23(22)27-24(29)19-11-9-18(10-12-19)17-31-21-15-13-20(26)14-16-21/h5-16H,3-4,17H2,1-2H3,(H,27,29). The molecule has 0 aliphatic carbocycles. The smallest absolute Gasteiger partial charge is 0.255 e. The van der Waals surface area contributed by atoms with Crippen molar-refractivity contribution in [2.24, 2.45) is 0 Å². The van der Waals surface area contributed by atoms with Crippen molar-refractivity contribution < 1.29 is 9.59 Å². The molecule has 160 valence electrons. The maximum atomic E-state index is 12.8. The van der Waals surface area contributed by atoms with Gasteiger partial charge in [0, 0.05) is 34.3 Å². The Kier molecular flexibility index (Phi) is 8.15. The van der Waals surface area contributed by atoms with Crippen molar-refractivity contribution in [3.63, 3.8) is 0 Å². The Bertz CT molecular complexity index is 1030. The molecule has 0 spiro atoms. The van der Waals surface area contributed by atoms with Crippen molar-refractivity contribution >= 4 is 40.9 Å². The van der Waals surface area contributed by atoms with E-state index in [1.54, 1.807) is 34.9 Å². The fraction of sp³-hybridized carbons (Fsp3) is 0.200. The lowest BCUT2D eigenvalue weighted by atomic mass is 10.1. The summed E-state index contributed by atoms with van der Waals surface area (Å²) in [5.41, 5.74) is 2.68. The molecule has 3 rings (SSSR count). The molecule has 3 aromatic carbocycles. The quantitative estimate of drug-likeness (QED) is 0.404. The first-order valence-corrected chi connectivity index (χ1v) is 11.5. The highest BCUT2D eigenvalue weighted by Crippen LogP contribution is 2.25. The number of amides is 2. The number of para-hydroxylation sites is 1. The minimum absolute atomic E-state index is 0.0875. The van der Waals surface area contributed by atoms with E-state index in [9.17, 15) is 9.59 Å². The summed E-state index contributed by atoms with van der Waals surface area (Å²) < 4.78 is 0. The van der Waals surface area contributed by atoms with Crippen molar-refractivity contribution in [2.75, 3.05) is 18.4 Å². The Balaban J connectivity index is 1.66. The number of hydrogen-bond acceptors (Lipinski definition) is 3. The minimum atomic E-state index is -0.239. The highest BCUT2D eigenvalue weighted by atomic mass is 35.5. The molecule has 0 aromatic heterocycles. The average Bonchev–Trinajstić information content (AvgIpc) is 2.80. The van der Waals surface area contributed by atoms with E-state index in [0.717, 1.165) is 21.2 Å². The summed E-state index contributed by atoms with van der Waals surface area (Å²) in [5, 5.41) is 3.61. The second kappa shape index (κ2) is 11.0. The van der Waals surface area contributed by atoms with E-state index >= 15 is 0 Å². The fourth-order valence-corrected chi connectivity index (χ4v) is 4.08. The first kappa shape index (κ1) is 22.9. The average molecular weight is 453 g/mol. The Labute approximate surface area is 192 Å². The lowest BCUT2D eigenvalue weighted by Gasteiger charge is -2.20. The highest BCUT2D eigenvalue weighted by Gasteiger charge is 2.17. The predicted octanol–water partition coefficient (Wildman–Crippen LogP) is 6.37. The molecule has 0 aliphatic heterocycles. The van der Waals surface area contributed by atoms with Crippen molar-refractivity contribution in [2.45, 2.75) is 24.5 Å². The van der Waals surface area contributed by atoms with Crippen LogP contribution in [0.3, 0.4) is 0 Å². The van der Waals surface area contributed by atoms with Gasteiger partial charge in [-0.1, -0.05) is 35.9 Å². The number of benzene rings is 3. The zero-order chi connectivity index (χ0) is 22.2. The van der Waals surface area contributed by atoms with Crippen LogP contribution in [0.15, 0.2) is 77.7 Å². The Hall–Kier alpha value is -2.76. The maximum absolute atomic E-state index is 12.8. The van der Waals surface area contributed by atoms with Crippen LogP contribution in [0.1, 0.15) is 40.1 Å². The van der Waals surface area contributed by atoms with Gasteiger partial charge in [-0.05, 0) is 67.9 Å². The van der Waals surface area contributed by atoms with Gasteiger partial charge in [0.2, 0.25) is 0 Å². The van der Waals surface area contributed by atoms with E-state index in [1.807, 2.05) is 68.4 Å². The van der Waals surface area contributed by atoms with E-state index in [4.69, 9.17) is 11.6 Å². The van der Waals surface area contributed by atoms with Crippen LogP contribution in [0, 0.1) is 0 Å². The summed E-state index contributed by atoms with van der Waals surface area (Å²) in [6, 6.07) is 22.4. The zero-order valence-corrected chi connectivity index (χ0v) is 19.2. The van der Waals surface area contributed by atoms with Crippen molar-refractivity contribution in [3.8, 4) is 0 Å². The van der Waals surface area contributed by atoms with Crippen LogP contribution in [-0.4, -0.2) is 29.8 Å². The van der Waals surface area contributed by atoms with Gasteiger partial charge in [0.25, 0.3) is 11.8 Å². The van der Waals surface area contributed by atoms with Gasteiger partial charge in [-0.25, -0.2) is 0 Å². The van der Waals surface area contributed by atoms with Crippen LogP contribution in [0.5, 0.6) is 0 Å². The van der Waals surface area contributed by atoms with Crippen LogP contribution in [0.25, 0.3) is 0 Å².